The standard InChI is InChI=1S/C16H11BrO/c17-14-9-4-10-15(18)16(14)13-8-3-6-11-5-1-2-7-12(11)13/h1-10,18H. The molecule has 0 saturated heterocycles. The van der Waals surface area contributed by atoms with E-state index in [0.717, 1.165) is 21.0 Å². The smallest absolute Gasteiger partial charge is 0.124 e. The Balaban J connectivity index is 2.39. The number of hydrogen-bond acceptors (Lipinski definition) is 1. The number of halogens is 1. The number of benzene rings is 3. The van der Waals surface area contributed by atoms with Crippen LogP contribution in [0.4, 0.5) is 0 Å². The minimum Gasteiger partial charge on any atom is -0.507 e. The lowest BCUT2D eigenvalue weighted by Crippen LogP contribution is -1.83. The first kappa shape index (κ1) is 11.3. The predicted molar refractivity (Wildman–Crippen MR) is 78.7 cm³/mol. The summed E-state index contributed by atoms with van der Waals surface area (Å²) in [6.07, 6.45) is 0. The molecule has 0 amide bonds. The van der Waals surface area contributed by atoms with Gasteiger partial charge in [-0.3, -0.25) is 0 Å². The van der Waals surface area contributed by atoms with Crippen molar-refractivity contribution in [1.82, 2.24) is 0 Å². The summed E-state index contributed by atoms with van der Waals surface area (Å²) in [5.41, 5.74) is 1.88. The van der Waals surface area contributed by atoms with Crippen LogP contribution in [-0.2, 0) is 0 Å². The molecule has 0 saturated carbocycles. The van der Waals surface area contributed by atoms with Crippen molar-refractivity contribution < 1.29 is 5.11 Å². The van der Waals surface area contributed by atoms with Crippen LogP contribution in [0.1, 0.15) is 0 Å². The highest BCUT2D eigenvalue weighted by Crippen LogP contribution is 2.39. The predicted octanol–water partition coefficient (Wildman–Crippen LogP) is 4.97. The minimum atomic E-state index is 0.292. The number of hydrogen-bond donors (Lipinski definition) is 1. The van der Waals surface area contributed by atoms with Crippen LogP contribution in [0.5, 0.6) is 5.75 Å². The molecule has 88 valence electrons. The van der Waals surface area contributed by atoms with Crippen molar-refractivity contribution in [3.05, 3.63) is 65.1 Å². The van der Waals surface area contributed by atoms with Gasteiger partial charge in [0.2, 0.25) is 0 Å². The Bertz CT molecular complexity index is 694. The average Bonchev–Trinajstić information content (AvgIpc) is 2.39. The van der Waals surface area contributed by atoms with Crippen LogP contribution >= 0.6 is 15.9 Å². The van der Waals surface area contributed by atoms with Gasteiger partial charge in [0, 0.05) is 10.0 Å². The molecule has 2 heteroatoms. The molecule has 0 spiro atoms. The summed E-state index contributed by atoms with van der Waals surface area (Å²) in [5.74, 6) is 0.292. The fourth-order valence-electron chi connectivity index (χ4n) is 2.22. The van der Waals surface area contributed by atoms with E-state index >= 15 is 0 Å². The van der Waals surface area contributed by atoms with Gasteiger partial charge in [-0.05, 0) is 28.5 Å². The molecule has 0 atom stereocenters. The summed E-state index contributed by atoms with van der Waals surface area (Å²) < 4.78 is 0.902. The second kappa shape index (κ2) is 4.46. The van der Waals surface area contributed by atoms with E-state index in [1.807, 2.05) is 36.4 Å². The molecule has 3 aromatic carbocycles. The molecular weight excluding hydrogens is 288 g/mol. The number of rotatable bonds is 1. The topological polar surface area (TPSA) is 20.2 Å². The van der Waals surface area contributed by atoms with E-state index in [4.69, 9.17) is 0 Å². The first-order chi connectivity index (χ1) is 8.77. The second-order valence-electron chi connectivity index (χ2n) is 4.16. The van der Waals surface area contributed by atoms with Gasteiger partial charge in [0.1, 0.15) is 5.75 Å². The van der Waals surface area contributed by atoms with Crippen molar-refractivity contribution in [2.24, 2.45) is 0 Å². The van der Waals surface area contributed by atoms with Gasteiger partial charge in [0.15, 0.2) is 0 Å². The van der Waals surface area contributed by atoms with Gasteiger partial charge in [-0.1, -0.05) is 64.5 Å². The fraction of sp³-hybridized carbons (Fsp3) is 0. The highest BCUT2D eigenvalue weighted by molar-refractivity contribution is 9.10. The first-order valence-corrected chi connectivity index (χ1v) is 6.52. The average molecular weight is 299 g/mol. The Morgan fingerprint density at radius 1 is 0.778 bits per heavy atom. The maximum Gasteiger partial charge on any atom is 0.124 e. The molecule has 0 bridgehead atoms. The van der Waals surface area contributed by atoms with Crippen molar-refractivity contribution in [3.63, 3.8) is 0 Å². The van der Waals surface area contributed by atoms with Gasteiger partial charge in [-0.15, -0.1) is 0 Å². The molecule has 0 fully saturated rings. The Morgan fingerprint density at radius 2 is 1.50 bits per heavy atom. The largest absolute Gasteiger partial charge is 0.507 e. The number of aromatic hydroxyl groups is 1. The highest BCUT2D eigenvalue weighted by Gasteiger charge is 2.10. The van der Waals surface area contributed by atoms with Gasteiger partial charge < -0.3 is 5.11 Å². The van der Waals surface area contributed by atoms with Crippen LogP contribution in [0.15, 0.2) is 65.1 Å². The maximum absolute atomic E-state index is 10.1. The molecule has 0 aromatic heterocycles. The molecule has 0 aliphatic rings. The molecule has 3 rings (SSSR count). The summed E-state index contributed by atoms with van der Waals surface area (Å²) in [6, 6.07) is 19.8. The van der Waals surface area contributed by atoms with Crippen molar-refractivity contribution in [1.29, 1.82) is 0 Å². The Morgan fingerprint density at radius 3 is 2.33 bits per heavy atom. The monoisotopic (exact) mass is 298 g/mol. The van der Waals surface area contributed by atoms with Gasteiger partial charge >= 0.3 is 0 Å². The molecule has 0 radical (unpaired) electrons. The Kier molecular flexibility index (Phi) is 2.80. The van der Waals surface area contributed by atoms with Crippen LogP contribution in [0.3, 0.4) is 0 Å². The van der Waals surface area contributed by atoms with E-state index in [0.29, 0.717) is 5.75 Å². The van der Waals surface area contributed by atoms with Gasteiger partial charge in [-0.25, -0.2) is 0 Å². The molecule has 3 aromatic rings. The summed E-state index contributed by atoms with van der Waals surface area (Å²) in [6.45, 7) is 0. The molecule has 1 N–H and O–H groups in total. The Labute approximate surface area is 114 Å². The number of phenolic OH excluding ortho intramolecular Hbond substituents is 1. The van der Waals surface area contributed by atoms with Crippen LogP contribution in [0.2, 0.25) is 0 Å². The van der Waals surface area contributed by atoms with Gasteiger partial charge in [-0.2, -0.15) is 0 Å². The SMILES string of the molecule is Oc1cccc(Br)c1-c1cccc2ccccc12. The van der Waals surface area contributed by atoms with Crippen LogP contribution < -0.4 is 0 Å². The minimum absolute atomic E-state index is 0.292. The fourth-order valence-corrected chi connectivity index (χ4v) is 2.79. The van der Waals surface area contributed by atoms with E-state index in [1.165, 1.54) is 5.39 Å². The normalized spacial score (nSPS) is 10.7. The molecular formula is C16H11BrO. The van der Waals surface area contributed by atoms with E-state index in [9.17, 15) is 5.11 Å². The zero-order valence-corrected chi connectivity index (χ0v) is 11.2. The van der Waals surface area contributed by atoms with E-state index < -0.39 is 0 Å². The first-order valence-electron chi connectivity index (χ1n) is 5.73. The van der Waals surface area contributed by atoms with Crippen molar-refractivity contribution in [2.45, 2.75) is 0 Å². The third-order valence-corrected chi connectivity index (χ3v) is 3.71. The molecule has 18 heavy (non-hydrogen) atoms. The molecule has 1 nitrogen and oxygen atoms in total. The molecule has 0 unspecified atom stereocenters. The summed E-state index contributed by atoms with van der Waals surface area (Å²) in [7, 11) is 0. The van der Waals surface area contributed by atoms with Crippen LogP contribution in [-0.4, -0.2) is 5.11 Å². The third-order valence-electron chi connectivity index (χ3n) is 3.05. The van der Waals surface area contributed by atoms with Crippen molar-refractivity contribution >= 4 is 26.7 Å². The van der Waals surface area contributed by atoms with Crippen LogP contribution in [0, 0.1) is 0 Å². The lowest BCUT2D eigenvalue weighted by atomic mass is 9.98. The highest BCUT2D eigenvalue weighted by atomic mass is 79.9. The quantitative estimate of drug-likeness (QED) is 0.672. The van der Waals surface area contributed by atoms with Gasteiger partial charge in [0.25, 0.3) is 0 Å². The molecule has 0 aliphatic heterocycles. The van der Waals surface area contributed by atoms with E-state index in [2.05, 4.69) is 34.1 Å². The number of fused-ring (bicyclic) bond motifs is 1. The summed E-state index contributed by atoms with van der Waals surface area (Å²) in [5, 5.41) is 12.4. The Hall–Kier alpha value is -1.80. The van der Waals surface area contributed by atoms with E-state index in [-0.39, 0.29) is 0 Å². The second-order valence-corrected chi connectivity index (χ2v) is 5.02. The maximum atomic E-state index is 10.1. The molecule has 0 aliphatic carbocycles. The number of phenols is 1. The third kappa shape index (κ3) is 1.79. The van der Waals surface area contributed by atoms with E-state index in [1.54, 1.807) is 6.07 Å². The van der Waals surface area contributed by atoms with Gasteiger partial charge in [0.05, 0.1) is 0 Å². The lowest BCUT2D eigenvalue weighted by molar-refractivity contribution is 0.477. The zero-order chi connectivity index (χ0) is 12.5. The van der Waals surface area contributed by atoms with Crippen LogP contribution in [0.25, 0.3) is 21.9 Å². The molecule has 0 heterocycles. The summed E-state index contributed by atoms with van der Waals surface area (Å²) >= 11 is 3.51. The van der Waals surface area contributed by atoms with Crippen molar-refractivity contribution in [3.8, 4) is 16.9 Å². The summed E-state index contributed by atoms with van der Waals surface area (Å²) in [4.78, 5) is 0. The van der Waals surface area contributed by atoms with Crippen molar-refractivity contribution in [2.75, 3.05) is 0 Å². The lowest BCUT2D eigenvalue weighted by Gasteiger charge is -2.10. The zero-order valence-electron chi connectivity index (χ0n) is 9.60.